The van der Waals surface area contributed by atoms with Gasteiger partial charge in [-0.25, -0.2) is 0 Å². The minimum Gasteiger partial charge on any atom is -0.493 e. The molecule has 0 saturated carbocycles. The normalized spacial score (nSPS) is 13.7. The van der Waals surface area contributed by atoms with Crippen molar-refractivity contribution < 1.29 is 14.3 Å². The third-order valence-corrected chi connectivity index (χ3v) is 4.71. The van der Waals surface area contributed by atoms with Gasteiger partial charge in [-0.3, -0.25) is 9.59 Å². The van der Waals surface area contributed by atoms with Crippen molar-refractivity contribution in [1.29, 1.82) is 0 Å². The zero-order valence-electron chi connectivity index (χ0n) is 16.2. The highest BCUT2D eigenvalue weighted by Crippen LogP contribution is 2.22. The van der Waals surface area contributed by atoms with E-state index in [9.17, 15) is 9.59 Å². The lowest BCUT2D eigenvalue weighted by Gasteiger charge is -2.28. The molecule has 2 aromatic rings. The highest BCUT2D eigenvalue weighted by molar-refractivity contribution is 6.00. The highest BCUT2D eigenvalue weighted by atomic mass is 16.5. The smallest absolute Gasteiger partial charge is 0.255 e. The SMILES string of the molecule is CCOc1ccccc1C(=O)NCC(=O)Nc1ccc(N2CCCCC2)cc1. The summed E-state index contributed by atoms with van der Waals surface area (Å²) in [5.74, 6) is -0.0937. The summed E-state index contributed by atoms with van der Waals surface area (Å²) in [7, 11) is 0. The number of piperidine rings is 1. The molecule has 0 unspecified atom stereocenters. The molecular formula is C22H27N3O3. The minimum absolute atomic E-state index is 0.104. The molecule has 0 aromatic heterocycles. The first-order valence-corrected chi connectivity index (χ1v) is 9.82. The molecule has 0 bridgehead atoms. The van der Waals surface area contributed by atoms with Crippen LogP contribution in [0.15, 0.2) is 48.5 Å². The zero-order chi connectivity index (χ0) is 19.8. The number of para-hydroxylation sites is 1. The minimum atomic E-state index is -0.334. The van der Waals surface area contributed by atoms with Gasteiger partial charge in [0, 0.05) is 24.5 Å². The van der Waals surface area contributed by atoms with Gasteiger partial charge in [0.25, 0.3) is 5.91 Å². The number of carbonyl (C=O) groups excluding carboxylic acids is 2. The van der Waals surface area contributed by atoms with Crippen LogP contribution in [0.25, 0.3) is 0 Å². The van der Waals surface area contributed by atoms with E-state index in [2.05, 4.69) is 15.5 Å². The fourth-order valence-corrected chi connectivity index (χ4v) is 3.30. The molecule has 0 atom stereocenters. The average Bonchev–Trinajstić information content (AvgIpc) is 2.74. The monoisotopic (exact) mass is 381 g/mol. The summed E-state index contributed by atoms with van der Waals surface area (Å²) in [6.07, 6.45) is 3.75. The van der Waals surface area contributed by atoms with Gasteiger partial charge < -0.3 is 20.3 Å². The summed E-state index contributed by atoms with van der Waals surface area (Å²) in [6, 6.07) is 14.8. The second kappa shape index (κ2) is 9.78. The first kappa shape index (κ1) is 19.7. The van der Waals surface area contributed by atoms with Crippen LogP contribution in [0.5, 0.6) is 5.75 Å². The van der Waals surface area contributed by atoms with Gasteiger partial charge >= 0.3 is 0 Å². The lowest BCUT2D eigenvalue weighted by molar-refractivity contribution is -0.115. The fourth-order valence-electron chi connectivity index (χ4n) is 3.30. The van der Waals surface area contributed by atoms with Crippen molar-refractivity contribution in [2.24, 2.45) is 0 Å². The number of rotatable bonds is 7. The molecule has 6 nitrogen and oxygen atoms in total. The van der Waals surface area contributed by atoms with Crippen molar-refractivity contribution in [3.63, 3.8) is 0 Å². The summed E-state index contributed by atoms with van der Waals surface area (Å²) in [4.78, 5) is 26.9. The van der Waals surface area contributed by atoms with Crippen LogP contribution in [-0.4, -0.2) is 38.1 Å². The molecule has 1 aliphatic heterocycles. The van der Waals surface area contributed by atoms with E-state index >= 15 is 0 Å². The number of nitrogens with zero attached hydrogens (tertiary/aromatic N) is 1. The van der Waals surface area contributed by atoms with E-state index in [1.807, 2.05) is 37.3 Å². The number of benzene rings is 2. The van der Waals surface area contributed by atoms with Crippen LogP contribution in [0.4, 0.5) is 11.4 Å². The van der Waals surface area contributed by atoms with Crippen LogP contribution < -0.4 is 20.3 Å². The van der Waals surface area contributed by atoms with E-state index < -0.39 is 0 Å². The molecule has 0 aliphatic carbocycles. The van der Waals surface area contributed by atoms with Crippen molar-refractivity contribution in [3.05, 3.63) is 54.1 Å². The Labute approximate surface area is 165 Å². The Morgan fingerprint density at radius 1 is 1.00 bits per heavy atom. The average molecular weight is 381 g/mol. The van der Waals surface area contributed by atoms with Crippen LogP contribution in [-0.2, 0) is 4.79 Å². The van der Waals surface area contributed by atoms with Crippen molar-refractivity contribution in [2.45, 2.75) is 26.2 Å². The first-order valence-electron chi connectivity index (χ1n) is 9.82. The number of hydrogen-bond acceptors (Lipinski definition) is 4. The Hall–Kier alpha value is -3.02. The second-order valence-corrected chi connectivity index (χ2v) is 6.75. The van der Waals surface area contributed by atoms with E-state index in [4.69, 9.17) is 4.74 Å². The van der Waals surface area contributed by atoms with Crippen LogP contribution >= 0.6 is 0 Å². The Balaban J connectivity index is 1.51. The van der Waals surface area contributed by atoms with Gasteiger partial charge in [0.15, 0.2) is 0 Å². The van der Waals surface area contributed by atoms with Crippen molar-refractivity contribution in [2.75, 3.05) is 36.5 Å². The molecule has 2 aromatic carbocycles. The Morgan fingerprint density at radius 3 is 2.43 bits per heavy atom. The quantitative estimate of drug-likeness (QED) is 0.771. The molecule has 1 saturated heterocycles. The van der Waals surface area contributed by atoms with Gasteiger partial charge in [0.1, 0.15) is 5.75 Å². The maximum atomic E-state index is 12.3. The number of anilines is 2. The molecule has 6 heteroatoms. The van der Waals surface area contributed by atoms with Gasteiger partial charge in [-0.1, -0.05) is 12.1 Å². The van der Waals surface area contributed by atoms with E-state index in [-0.39, 0.29) is 18.4 Å². The molecule has 28 heavy (non-hydrogen) atoms. The third kappa shape index (κ3) is 5.25. The molecule has 0 radical (unpaired) electrons. The molecule has 148 valence electrons. The maximum Gasteiger partial charge on any atom is 0.255 e. The van der Waals surface area contributed by atoms with Gasteiger partial charge in [-0.2, -0.15) is 0 Å². The molecule has 1 fully saturated rings. The predicted octanol–water partition coefficient (Wildman–Crippen LogP) is 3.44. The summed E-state index contributed by atoms with van der Waals surface area (Å²) in [6.45, 7) is 4.39. The van der Waals surface area contributed by atoms with E-state index in [1.54, 1.807) is 18.2 Å². The Morgan fingerprint density at radius 2 is 1.71 bits per heavy atom. The summed E-state index contributed by atoms with van der Waals surface area (Å²) < 4.78 is 5.46. The van der Waals surface area contributed by atoms with Crippen LogP contribution in [0.2, 0.25) is 0 Å². The van der Waals surface area contributed by atoms with Gasteiger partial charge in [-0.15, -0.1) is 0 Å². The van der Waals surface area contributed by atoms with Gasteiger partial charge in [0.05, 0.1) is 18.7 Å². The van der Waals surface area contributed by atoms with Gasteiger partial charge in [-0.05, 0) is 62.6 Å². The fraction of sp³-hybridized carbons (Fsp3) is 0.364. The number of carbonyl (C=O) groups is 2. The summed E-state index contributed by atoms with van der Waals surface area (Å²) in [5, 5.41) is 5.46. The molecule has 2 amide bonds. The first-order chi connectivity index (χ1) is 13.7. The van der Waals surface area contributed by atoms with Crippen LogP contribution in [0.1, 0.15) is 36.5 Å². The second-order valence-electron chi connectivity index (χ2n) is 6.75. The van der Waals surface area contributed by atoms with Crippen molar-refractivity contribution >= 4 is 23.2 Å². The van der Waals surface area contributed by atoms with E-state index in [0.717, 1.165) is 18.8 Å². The largest absolute Gasteiger partial charge is 0.493 e. The predicted molar refractivity (Wildman–Crippen MR) is 111 cm³/mol. The number of ether oxygens (including phenoxy) is 1. The van der Waals surface area contributed by atoms with Crippen LogP contribution in [0.3, 0.4) is 0 Å². The zero-order valence-corrected chi connectivity index (χ0v) is 16.2. The lowest BCUT2D eigenvalue weighted by atomic mass is 10.1. The van der Waals surface area contributed by atoms with E-state index in [1.165, 1.54) is 24.9 Å². The maximum absolute atomic E-state index is 12.3. The van der Waals surface area contributed by atoms with Crippen molar-refractivity contribution in [1.82, 2.24) is 5.32 Å². The number of nitrogens with one attached hydrogen (secondary N) is 2. The molecule has 0 spiro atoms. The standard InChI is InChI=1S/C22H27N3O3/c1-2-28-20-9-5-4-8-19(20)22(27)23-16-21(26)24-17-10-12-18(13-11-17)25-14-6-3-7-15-25/h4-5,8-13H,2-3,6-7,14-16H2,1H3,(H,23,27)(H,24,26). The molecular weight excluding hydrogens is 354 g/mol. The molecule has 1 aliphatic rings. The lowest BCUT2D eigenvalue weighted by Crippen LogP contribution is -2.33. The third-order valence-electron chi connectivity index (χ3n) is 4.71. The highest BCUT2D eigenvalue weighted by Gasteiger charge is 2.14. The van der Waals surface area contributed by atoms with Crippen LogP contribution in [0, 0.1) is 0 Å². The molecule has 2 N–H and O–H groups in total. The molecule has 1 heterocycles. The summed E-state index contributed by atoms with van der Waals surface area (Å²) >= 11 is 0. The van der Waals surface area contributed by atoms with Gasteiger partial charge in [0.2, 0.25) is 5.91 Å². The van der Waals surface area contributed by atoms with Crippen molar-refractivity contribution in [3.8, 4) is 5.75 Å². The van der Waals surface area contributed by atoms with E-state index in [0.29, 0.717) is 17.9 Å². The topological polar surface area (TPSA) is 70.7 Å². The molecule has 3 rings (SSSR count). The Bertz CT molecular complexity index is 799. The number of amides is 2. The summed E-state index contributed by atoms with van der Waals surface area (Å²) in [5.41, 5.74) is 2.32. The Kier molecular flexibility index (Phi) is 6.89. The number of hydrogen-bond donors (Lipinski definition) is 2.